The minimum atomic E-state index is -0.325. The Kier molecular flexibility index (Phi) is 5.42. The highest BCUT2D eigenvalue weighted by Gasteiger charge is 2.08. The summed E-state index contributed by atoms with van der Waals surface area (Å²) in [6.07, 6.45) is 4.64. The van der Waals surface area contributed by atoms with Crippen LogP contribution in [0.5, 0.6) is 0 Å². The first-order chi connectivity index (χ1) is 8.11. The molecule has 0 aromatic carbocycles. The molecule has 0 aliphatic heterocycles. The molecule has 0 radical (unpaired) electrons. The van der Waals surface area contributed by atoms with Gasteiger partial charge < -0.3 is 11.1 Å². The predicted octanol–water partition coefficient (Wildman–Crippen LogP) is 1.12. The first-order valence-electron chi connectivity index (χ1n) is 5.27. The van der Waals surface area contributed by atoms with Crippen LogP contribution < -0.4 is 11.1 Å². The number of nitrogens with zero attached hydrogens (tertiary/aromatic N) is 1. The van der Waals surface area contributed by atoms with E-state index in [1.165, 1.54) is 12.4 Å². The molecule has 0 aliphatic rings. The van der Waals surface area contributed by atoms with Crippen LogP contribution >= 0.6 is 11.6 Å². The number of nitrogens with one attached hydrogen (secondary N) is 1. The van der Waals surface area contributed by atoms with Crippen LogP contribution in [0.2, 0.25) is 5.02 Å². The molecule has 0 unspecified atom stereocenters. The molecule has 0 aliphatic carbocycles. The van der Waals surface area contributed by atoms with Gasteiger partial charge in [0.15, 0.2) is 0 Å². The number of hydrogen-bond donors (Lipinski definition) is 2. The van der Waals surface area contributed by atoms with Gasteiger partial charge in [0.1, 0.15) is 0 Å². The second-order valence-corrected chi connectivity index (χ2v) is 3.94. The third-order valence-electron chi connectivity index (χ3n) is 2.15. The van der Waals surface area contributed by atoms with Gasteiger partial charge in [-0.1, -0.05) is 11.6 Å². The van der Waals surface area contributed by atoms with Crippen LogP contribution in [0.1, 0.15) is 29.6 Å². The maximum Gasteiger partial charge on any atom is 0.252 e. The molecule has 5 nitrogen and oxygen atoms in total. The first kappa shape index (κ1) is 13.4. The van der Waals surface area contributed by atoms with Crippen molar-refractivity contribution in [3.05, 3.63) is 29.0 Å². The number of nitrogens with two attached hydrogens (primary N) is 1. The highest BCUT2D eigenvalue weighted by molar-refractivity contribution is 6.33. The average molecular weight is 256 g/mol. The summed E-state index contributed by atoms with van der Waals surface area (Å²) in [4.78, 5) is 25.9. The van der Waals surface area contributed by atoms with E-state index in [0.29, 0.717) is 36.4 Å². The van der Waals surface area contributed by atoms with Gasteiger partial charge in [-0.2, -0.15) is 0 Å². The lowest BCUT2D eigenvalue weighted by molar-refractivity contribution is -0.118. The van der Waals surface area contributed by atoms with Gasteiger partial charge in [0.2, 0.25) is 5.91 Å². The summed E-state index contributed by atoms with van der Waals surface area (Å²) in [5.41, 5.74) is 5.39. The lowest BCUT2D eigenvalue weighted by Crippen LogP contribution is -2.25. The van der Waals surface area contributed by atoms with Crippen molar-refractivity contribution in [3.63, 3.8) is 0 Å². The van der Waals surface area contributed by atoms with Crippen molar-refractivity contribution >= 4 is 23.4 Å². The third kappa shape index (κ3) is 4.82. The summed E-state index contributed by atoms with van der Waals surface area (Å²) >= 11 is 5.82. The summed E-state index contributed by atoms with van der Waals surface area (Å²) in [6, 6.07) is 1.56. The molecule has 17 heavy (non-hydrogen) atoms. The van der Waals surface area contributed by atoms with Crippen molar-refractivity contribution < 1.29 is 9.59 Å². The van der Waals surface area contributed by atoms with E-state index in [2.05, 4.69) is 10.3 Å². The monoisotopic (exact) mass is 255 g/mol. The number of amides is 2. The second kappa shape index (κ2) is 6.85. The lowest BCUT2D eigenvalue weighted by Gasteiger charge is -2.05. The Morgan fingerprint density at radius 2 is 2.18 bits per heavy atom. The number of unbranched alkanes of at least 4 members (excludes halogenated alkanes) is 1. The number of pyridine rings is 1. The van der Waals surface area contributed by atoms with Crippen LogP contribution in [-0.4, -0.2) is 23.3 Å². The molecule has 1 aromatic heterocycles. The molecule has 2 amide bonds. The lowest BCUT2D eigenvalue weighted by atomic mass is 10.2. The Balaban J connectivity index is 2.31. The van der Waals surface area contributed by atoms with Crippen LogP contribution in [0.15, 0.2) is 18.5 Å². The predicted molar refractivity (Wildman–Crippen MR) is 64.6 cm³/mol. The molecular weight excluding hydrogens is 242 g/mol. The Bertz CT molecular complexity index is 409. The maximum absolute atomic E-state index is 11.6. The molecule has 0 atom stereocenters. The minimum Gasteiger partial charge on any atom is -0.370 e. The van der Waals surface area contributed by atoms with Gasteiger partial charge >= 0.3 is 0 Å². The summed E-state index contributed by atoms with van der Waals surface area (Å²) in [5.74, 6) is -0.565. The normalized spacial score (nSPS) is 9.94. The first-order valence-corrected chi connectivity index (χ1v) is 5.65. The van der Waals surface area contributed by atoms with E-state index in [1.54, 1.807) is 6.07 Å². The molecule has 92 valence electrons. The van der Waals surface area contributed by atoms with Gasteiger partial charge in [-0.15, -0.1) is 0 Å². The fourth-order valence-electron chi connectivity index (χ4n) is 1.28. The molecule has 0 bridgehead atoms. The fourth-order valence-corrected chi connectivity index (χ4v) is 1.49. The minimum absolute atomic E-state index is 0.239. The highest BCUT2D eigenvalue weighted by atomic mass is 35.5. The van der Waals surface area contributed by atoms with Crippen molar-refractivity contribution in [2.45, 2.75) is 19.3 Å². The van der Waals surface area contributed by atoms with Gasteiger partial charge in [0, 0.05) is 25.4 Å². The molecular formula is C11H14ClN3O2. The van der Waals surface area contributed by atoms with E-state index in [9.17, 15) is 9.59 Å². The Morgan fingerprint density at radius 1 is 1.41 bits per heavy atom. The molecule has 0 saturated carbocycles. The number of carbonyl (C=O) groups excluding carboxylic acids is 2. The maximum atomic E-state index is 11.6. The average Bonchev–Trinajstić information content (AvgIpc) is 2.28. The Hall–Kier alpha value is -1.62. The SMILES string of the molecule is NC(=O)CCCCNC(=O)c1ccncc1Cl. The van der Waals surface area contributed by atoms with E-state index in [1.807, 2.05) is 0 Å². The number of halogens is 1. The fraction of sp³-hybridized carbons (Fsp3) is 0.364. The van der Waals surface area contributed by atoms with Gasteiger partial charge in [0.05, 0.1) is 10.6 Å². The van der Waals surface area contributed by atoms with Crippen LogP contribution in [-0.2, 0) is 4.79 Å². The van der Waals surface area contributed by atoms with Crippen molar-refractivity contribution in [2.75, 3.05) is 6.54 Å². The third-order valence-corrected chi connectivity index (χ3v) is 2.45. The summed E-state index contributed by atoms with van der Waals surface area (Å²) in [7, 11) is 0. The van der Waals surface area contributed by atoms with Crippen molar-refractivity contribution in [2.24, 2.45) is 5.73 Å². The van der Waals surface area contributed by atoms with Gasteiger partial charge in [-0.05, 0) is 18.9 Å². The van der Waals surface area contributed by atoms with E-state index in [4.69, 9.17) is 17.3 Å². The standard InChI is InChI=1S/C11H14ClN3O2/c12-9-7-14-6-4-8(9)11(17)15-5-2-1-3-10(13)16/h4,6-7H,1-3,5H2,(H2,13,16)(H,15,17). The smallest absolute Gasteiger partial charge is 0.252 e. The zero-order chi connectivity index (χ0) is 12.7. The Morgan fingerprint density at radius 3 is 2.82 bits per heavy atom. The van der Waals surface area contributed by atoms with Crippen LogP contribution in [0.3, 0.4) is 0 Å². The Labute approximate surface area is 104 Å². The van der Waals surface area contributed by atoms with E-state index in [0.717, 1.165) is 0 Å². The van der Waals surface area contributed by atoms with Gasteiger partial charge in [-0.25, -0.2) is 0 Å². The van der Waals surface area contributed by atoms with Crippen molar-refractivity contribution in [1.29, 1.82) is 0 Å². The van der Waals surface area contributed by atoms with E-state index in [-0.39, 0.29) is 11.8 Å². The molecule has 6 heteroatoms. The van der Waals surface area contributed by atoms with E-state index >= 15 is 0 Å². The summed E-state index contributed by atoms with van der Waals surface area (Å²) < 4.78 is 0. The zero-order valence-corrected chi connectivity index (χ0v) is 10.0. The molecule has 0 saturated heterocycles. The molecule has 0 fully saturated rings. The van der Waals surface area contributed by atoms with Crippen molar-refractivity contribution in [1.82, 2.24) is 10.3 Å². The summed E-state index contributed by atoms with van der Waals surface area (Å²) in [5, 5.41) is 3.03. The quantitative estimate of drug-likeness (QED) is 0.747. The molecule has 1 aromatic rings. The largest absolute Gasteiger partial charge is 0.370 e. The number of aromatic nitrogens is 1. The van der Waals surface area contributed by atoms with Crippen LogP contribution in [0.25, 0.3) is 0 Å². The molecule has 1 heterocycles. The number of hydrogen-bond acceptors (Lipinski definition) is 3. The highest BCUT2D eigenvalue weighted by Crippen LogP contribution is 2.12. The van der Waals surface area contributed by atoms with Gasteiger partial charge in [0.25, 0.3) is 5.91 Å². The van der Waals surface area contributed by atoms with Crippen LogP contribution in [0.4, 0.5) is 0 Å². The van der Waals surface area contributed by atoms with Crippen molar-refractivity contribution in [3.8, 4) is 0 Å². The number of primary amides is 1. The molecule has 3 N–H and O–H groups in total. The number of carbonyl (C=O) groups is 2. The number of rotatable bonds is 6. The van der Waals surface area contributed by atoms with Crippen LogP contribution in [0, 0.1) is 0 Å². The topological polar surface area (TPSA) is 85.1 Å². The zero-order valence-electron chi connectivity index (χ0n) is 9.28. The summed E-state index contributed by atoms with van der Waals surface area (Å²) in [6.45, 7) is 0.491. The molecule has 0 spiro atoms. The second-order valence-electron chi connectivity index (χ2n) is 3.53. The van der Waals surface area contributed by atoms with Gasteiger partial charge in [-0.3, -0.25) is 14.6 Å². The molecule has 1 rings (SSSR count). The van der Waals surface area contributed by atoms with E-state index < -0.39 is 0 Å².